The highest BCUT2D eigenvalue weighted by atomic mass is 35.5. The molecule has 0 heterocycles. The van der Waals surface area contributed by atoms with Crippen LogP contribution in [0.4, 0.5) is 0 Å². The van der Waals surface area contributed by atoms with Gasteiger partial charge < -0.3 is 16.0 Å². The molecule has 0 aliphatic rings. The summed E-state index contributed by atoms with van der Waals surface area (Å²) >= 11 is 0. The molecule has 0 spiro atoms. The van der Waals surface area contributed by atoms with Gasteiger partial charge in [-0.2, -0.15) is 0 Å². The Morgan fingerprint density at radius 1 is 1.40 bits per heavy atom. The maximum Gasteiger partial charge on any atom is 0.237 e. The zero-order chi connectivity index (χ0) is 11.0. The molecule has 0 aromatic heterocycles. The van der Waals surface area contributed by atoms with Crippen LogP contribution in [0.25, 0.3) is 0 Å². The number of nitrogens with two attached hydrogens (primary N) is 1. The summed E-state index contributed by atoms with van der Waals surface area (Å²) in [5.74, 6) is -0.551. The third kappa shape index (κ3) is 8.20. The minimum atomic E-state index is -0.467. The normalized spacial score (nSPS) is 9.20. The van der Waals surface area contributed by atoms with E-state index in [4.69, 9.17) is 5.73 Å². The molecule has 0 saturated carbocycles. The number of carbonyl (C=O) groups is 2. The van der Waals surface area contributed by atoms with Crippen LogP contribution in [0.2, 0.25) is 0 Å². The number of hydrogen-bond acceptors (Lipinski definition) is 3. The molecule has 2 amide bonds. The molecule has 0 unspecified atom stereocenters. The Bertz CT molecular complexity index is 200. The van der Waals surface area contributed by atoms with Crippen molar-refractivity contribution in [3.8, 4) is 0 Å². The van der Waals surface area contributed by atoms with Crippen molar-refractivity contribution in [2.45, 2.75) is 19.8 Å². The van der Waals surface area contributed by atoms with Crippen LogP contribution < -0.4 is 11.1 Å². The number of carbonyl (C=O) groups excluding carboxylic acids is 2. The van der Waals surface area contributed by atoms with Gasteiger partial charge in [0.1, 0.15) is 0 Å². The van der Waals surface area contributed by atoms with Gasteiger partial charge >= 0.3 is 0 Å². The Morgan fingerprint density at radius 3 is 2.40 bits per heavy atom. The second-order valence-corrected chi connectivity index (χ2v) is 3.17. The molecule has 0 aromatic rings. The van der Waals surface area contributed by atoms with Crippen LogP contribution in [-0.2, 0) is 9.59 Å². The van der Waals surface area contributed by atoms with Gasteiger partial charge in [-0.05, 0) is 13.5 Å². The van der Waals surface area contributed by atoms with Gasteiger partial charge in [0, 0.05) is 6.54 Å². The maximum atomic E-state index is 11.4. The lowest BCUT2D eigenvalue weighted by Gasteiger charge is -2.20. The van der Waals surface area contributed by atoms with E-state index < -0.39 is 5.91 Å². The Kier molecular flexibility index (Phi) is 10.8. The van der Waals surface area contributed by atoms with E-state index in [9.17, 15) is 9.59 Å². The van der Waals surface area contributed by atoms with Crippen LogP contribution in [0.5, 0.6) is 0 Å². The van der Waals surface area contributed by atoms with E-state index in [1.165, 1.54) is 4.90 Å². The summed E-state index contributed by atoms with van der Waals surface area (Å²) in [4.78, 5) is 23.6. The Balaban J connectivity index is 0. The lowest BCUT2D eigenvalue weighted by atomic mass is 10.3. The molecule has 0 aliphatic heterocycles. The monoisotopic (exact) mass is 237 g/mol. The minimum absolute atomic E-state index is 0. The van der Waals surface area contributed by atoms with Crippen LogP contribution in [0, 0.1) is 0 Å². The second-order valence-electron chi connectivity index (χ2n) is 3.17. The van der Waals surface area contributed by atoms with E-state index in [-0.39, 0.29) is 31.4 Å². The lowest BCUT2D eigenvalue weighted by Crippen LogP contribution is -2.42. The fraction of sp³-hybridized carbons (Fsp3) is 0.778. The van der Waals surface area contributed by atoms with Crippen molar-refractivity contribution in [2.24, 2.45) is 5.73 Å². The molecule has 0 rings (SSSR count). The van der Waals surface area contributed by atoms with Crippen molar-refractivity contribution in [2.75, 3.05) is 26.7 Å². The van der Waals surface area contributed by atoms with Gasteiger partial charge in [0.15, 0.2) is 0 Å². The summed E-state index contributed by atoms with van der Waals surface area (Å²) < 4.78 is 0. The smallest absolute Gasteiger partial charge is 0.237 e. The number of likely N-dealkylation sites (N-methyl/N-ethyl adjacent to an activating group) is 1. The molecule has 0 fully saturated rings. The highest BCUT2D eigenvalue weighted by molar-refractivity contribution is 5.85. The lowest BCUT2D eigenvalue weighted by molar-refractivity contribution is -0.134. The summed E-state index contributed by atoms with van der Waals surface area (Å²) in [6, 6.07) is 0. The zero-order valence-corrected chi connectivity index (χ0v) is 10.1. The number of halogens is 1. The highest BCUT2D eigenvalue weighted by Gasteiger charge is 2.13. The molecule has 5 nitrogen and oxygen atoms in total. The molecule has 0 radical (unpaired) electrons. The first-order valence-electron chi connectivity index (χ1n) is 4.82. The number of nitrogens with one attached hydrogen (secondary N) is 1. The number of unbranched alkanes of at least 4 members (excludes halogenated alkanes) is 1. The first kappa shape index (κ1) is 16.6. The fourth-order valence-corrected chi connectivity index (χ4v) is 1.09. The number of rotatable bonds is 7. The summed E-state index contributed by atoms with van der Waals surface area (Å²) in [5, 5.41) is 2.75. The predicted octanol–water partition coefficient (Wildman–Crippen LogP) is -0.258. The molecule has 0 aromatic carbocycles. The number of amides is 2. The molecule has 0 saturated heterocycles. The zero-order valence-electron chi connectivity index (χ0n) is 9.28. The number of nitrogens with zero attached hydrogens (tertiary/aromatic N) is 1. The van der Waals surface area contributed by atoms with Gasteiger partial charge in [-0.15, -0.1) is 12.4 Å². The third-order valence-electron chi connectivity index (χ3n) is 1.81. The number of hydrogen-bond donors (Lipinski definition) is 2. The SMILES string of the molecule is CCCCN(CC(N)=O)C(=O)CNC.Cl. The average molecular weight is 238 g/mol. The minimum Gasteiger partial charge on any atom is -0.368 e. The van der Waals surface area contributed by atoms with Crippen LogP contribution in [-0.4, -0.2) is 43.4 Å². The van der Waals surface area contributed by atoms with Gasteiger partial charge in [0.2, 0.25) is 11.8 Å². The van der Waals surface area contributed by atoms with Gasteiger partial charge in [-0.1, -0.05) is 13.3 Å². The molecule has 0 atom stereocenters. The number of primary amides is 1. The topological polar surface area (TPSA) is 75.4 Å². The summed E-state index contributed by atoms with van der Waals surface area (Å²) in [6.07, 6.45) is 1.88. The largest absolute Gasteiger partial charge is 0.368 e. The second kappa shape index (κ2) is 9.73. The highest BCUT2D eigenvalue weighted by Crippen LogP contribution is 1.95. The summed E-state index contributed by atoms with van der Waals surface area (Å²) in [5.41, 5.74) is 5.05. The van der Waals surface area contributed by atoms with E-state index >= 15 is 0 Å². The van der Waals surface area contributed by atoms with E-state index in [2.05, 4.69) is 5.32 Å². The van der Waals surface area contributed by atoms with Crippen molar-refractivity contribution in [1.29, 1.82) is 0 Å². The summed E-state index contributed by atoms with van der Waals surface area (Å²) in [7, 11) is 1.69. The standard InChI is InChI=1S/C9H19N3O2.ClH/c1-3-4-5-12(7-8(10)13)9(14)6-11-2;/h11H,3-7H2,1-2H3,(H2,10,13);1H. The van der Waals surface area contributed by atoms with Crippen LogP contribution in [0.3, 0.4) is 0 Å². The molecular weight excluding hydrogens is 218 g/mol. The molecule has 3 N–H and O–H groups in total. The van der Waals surface area contributed by atoms with Crippen LogP contribution >= 0.6 is 12.4 Å². The molecule has 0 aliphatic carbocycles. The van der Waals surface area contributed by atoms with Crippen LogP contribution in [0.1, 0.15) is 19.8 Å². The van der Waals surface area contributed by atoms with Crippen molar-refractivity contribution < 1.29 is 9.59 Å². The van der Waals surface area contributed by atoms with Crippen molar-refractivity contribution >= 4 is 24.2 Å². The van der Waals surface area contributed by atoms with E-state index in [1.807, 2.05) is 6.92 Å². The molecular formula is C9H20ClN3O2. The first-order chi connectivity index (χ1) is 6.61. The first-order valence-corrected chi connectivity index (χ1v) is 4.82. The van der Waals surface area contributed by atoms with E-state index in [0.717, 1.165) is 12.8 Å². The molecule has 90 valence electrons. The fourth-order valence-electron chi connectivity index (χ4n) is 1.09. The Hall–Kier alpha value is -0.810. The van der Waals surface area contributed by atoms with E-state index in [1.54, 1.807) is 7.05 Å². The average Bonchev–Trinajstić information content (AvgIpc) is 2.12. The molecule has 0 bridgehead atoms. The molecule has 6 heteroatoms. The van der Waals surface area contributed by atoms with Crippen molar-refractivity contribution in [1.82, 2.24) is 10.2 Å². The maximum absolute atomic E-state index is 11.4. The Morgan fingerprint density at radius 2 is 2.00 bits per heavy atom. The van der Waals surface area contributed by atoms with E-state index in [0.29, 0.717) is 6.54 Å². The Labute approximate surface area is 96.8 Å². The summed E-state index contributed by atoms with van der Waals surface area (Å²) in [6.45, 7) is 2.89. The van der Waals surface area contributed by atoms with Crippen molar-refractivity contribution in [3.05, 3.63) is 0 Å². The molecule has 15 heavy (non-hydrogen) atoms. The predicted molar refractivity (Wildman–Crippen MR) is 61.9 cm³/mol. The van der Waals surface area contributed by atoms with Gasteiger partial charge in [0.25, 0.3) is 0 Å². The van der Waals surface area contributed by atoms with Gasteiger partial charge in [-0.3, -0.25) is 9.59 Å². The van der Waals surface area contributed by atoms with Crippen LogP contribution in [0.15, 0.2) is 0 Å². The van der Waals surface area contributed by atoms with Gasteiger partial charge in [0.05, 0.1) is 13.1 Å². The van der Waals surface area contributed by atoms with Gasteiger partial charge in [-0.25, -0.2) is 0 Å². The quantitative estimate of drug-likeness (QED) is 0.641. The third-order valence-corrected chi connectivity index (χ3v) is 1.81. The van der Waals surface area contributed by atoms with Crippen molar-refractivity contribution in [3.63, 3.8) is 0 Å².